The molecule has 86 valence electrons. The Balaban J connectivity index is 2.34. The van der Waals surface area contributed by atoms with Crippen molar-refractivity contribution in [2.45, 2.75) is 19.0 Å². The largest absolute Gasteiger partial charge is 0.500 e. The summed E-state index contributed by atoms with van der Waals surface area (Å²) >= 11 is 0. The average Bonchev–Trinajstić information content (AvgIpc) is 2.78. The van der Waals surface area contributed by atoms with Crippen molar-refractivity contribution >= 4 is 8.80 Å². The van der Waals surface area contributed by atoms with Crippen LogP contribution in [-0.4, -0.2) is 39.7 Å². The molecule has 6 heteroatoms. The van der Waals surface area contributed by atoms with Gasteiger partial charge in [0.25, 0.3) is 0 Å². The van der Waals surface area contributed by atoms with E-state index in [1.807, 2.05) is 10.8 Å². The highest BCUT2D eigenvalue weighted by Crippen LogP contribution is 2.15. The summed E-state index contributed by atoms with van der Waals surface area (Å²) in [6.45, 7) is 0.908. The fraction of sp³-hybridized carbons (Fsp3) is 0.667. The van der Waals surface area contributed by atoms with Crippen molar-refractivity contribution in [2.75, 3.05) is 21.3 Å². The number of rotatable bonds is 7. The minimum absolute atomic E-state index is 0.814. The van der Waals surface area contributed by atoms with Gasteiger partial charge in [0.15, 0.2) is 0 Å². The van der Waals surface area contributed by atoms with E-state index in [1.165, 1.54) is 0 Å². The van der Waals surface area contributed by atoms with E-state index in [1.54, 1.807) is 33.9 Å². The second kappa shape index (κ2) is 6.01. The summed E-state index contributed by atoms with van der Waals surface area (Å²) < 4.78 is 18.0. The van der Waals surface area contributed by atoms with Crippen molar-refractivity contribution in [1.82, 2.24) is 9.55 Å². The van der Waals surface area contributed by atoms with Crippen LogP contribution in [0, 0.1) is 0 Å². The number of imidazole rings is 1. The van der Waals surface area contributed by atoms with Gasteiger partial charge in [-0.2, -0.15) is 0 Å². The number of hydrogen-bond donors (Lipinski definition) is 0. The lowest BCUT2D eigenvalue weighted by atomic mass is 10.5. The van der Waals surface area contributed by atoms with Gasteiger partial charge in [-0.1, -0.05) is 0 Å². The van der Waals surface area contributed by atoms with Crippen LogP contribution in [0.2, 0.25) is 6.04 Å². The Labute approximate surface area is 91.4 Å². The molecular formula is C9H18N2O3Si. The lowest BCUT2D eigenvalue weighted by Crippen LogP contribution is -2.42. The molecule has 1 rings (SSSR count). The lowest BCUT2D eigenvalue weighted by molar-refractivity contribution is 0.122. The molecule has 0 aromatic carbocycles. The number of aryl methyl sites for hydroxylation is 1. The van der Waals surface area contributed by atoms with Gasteiger partial charge in [-0.15, -0.1) is 0 Å². The highest BCUT2D eigenvalue weighted by atomic mass is 28.4. The van der Waals surface area contributed by atoms with Gasteiger partial charge in [-0.05, 0) is 6.42 Å². The molecule has 0 aliphatic carbocycles. The van der Waals surface area contributed by atoms with E-state index in [0.717, 1.165) is 19.0 Å². The van der Waals surface area contributed by atoms with Crippen molar-refractivity contribution in [1.29, 1.82) is 0 Å². The van der Waals surface area contributed by atoms with E-state index in [2.05, 4.69) is 4.98 Å². The molecule has 1 aromatic heterocycles. The van der Waals surface area contributed by atoms with Crippen LogP contribution < -0.4 is 0 Å². The maximum atomic E-state index is 5.33. The molecule has 0 unspecified atom stereocenters. The van der Waals surface area contributed by atoms with Gasteiger partial charge in [0, 0.05) is 46.3 Å². The first kappa shape index (κ1) is 12.4. The second-order valence-electron chi connectivity index (χ2n) is 3.20. The van der Waals surface area contributed by atoms with E-state index in [9.17, 15) is 0 Å². The quantitative estimate of drug-likeness (QED) is 0.659. The topological polar surface area (TPSA) is 45.5 Å². The zero-order chi connectivity index (χ0) is 11.1. The third-order valence-corrected chi connectivity index (χ3v) is 5.22. The zero-order valence-corrected chi connectivity index (χ0v) is 10.5. The molecular weight excluding hydrogens is 212 g/mol. The van der Waals surface area contributed by atoms with Gasteiger partial charge in [0.05, 0.1) is 6.33 Å². The van der Waals surface area contributed by atoms with Gasteiger partial charge >= 0.3 is 8.80 Å². The molecule has 0 aliphatic heterocycles. The lowest BCUT2D eigenvalue weighted by Gasteiger charge is -2.24. The van der Waals surface area contributed by atoms with E-state index in [0.29, 0.717) is 0 Å². The van der Waals surface area contributed by atoms with Crippen molar-refractivity contribution in [3.05, 3.63) is 18.7 Å². The number of nitrogens with zero attached hydrogens (tertiary/aromatic N) is 2. The average molecular weight is 230 g/mol. The van der Waals surface area contributed by atoms with E-state index < -0.39 is 8.80 Å². The smallest absolute Gasteiger partial charge is 0.377 e. The van der Waals surface area contributed by atoms with Crippen LogP contribution in [0.25, 0.3) is 0 Å². The first-order valence-corrected chi connectivity index (χ1v) is 6.80. The molecule has 0 saturated heterocycles. The number of aromatic nitrogens is 2. The molecule has 0 amide bonds. The summed E-state index contributed by atoms with van der Waals surface area (Å²) in [5.41, 5.74) is 0. The van der Waals surface area contributed by atoms with Crippen LogP contribution >= 0.6 is 0 Å². The zero-order valence-electron chi connectivity index (χ0n) is 9.47. The van der Waals surface area contributed by atoms with Gasteiger partial charge in [-0.25, -0.2) is 4.98 Å². The SMILES string of the molecule is CO[Si](CCCn1ccnc1)(OC)OC. The monoisotopic (exact) mass is 230 g/mol. The summed E-state index contributed by atoms with van der Waals surface area (Å²) in [6.07, 6.45) is 6.47. The van der Waals surface area contributed by atoms with Crippen LogP contribution in [0.1, 0.15) is 6.42 Å². The van der Waals surface area contributed by atoms with Crippen LogP contribution in [-0.2, 0) is 19.8 Å². The molecule has 1 aromatic rings. The highest BCUT2D eigenvalue weighted by Gasteiger charge is 2.36. The van der Waals surface area contributed by atoms with E-state index >= 15 is 0 Å². The summed E-state index contributed by atoms with van der Waals surface area (Å²) in [7, 11) is 2.52. The van der Waals surface area contributed by atoms with Gasteiger partial charge in [-0.3, -0.25) is 0 Å². The third-order valence-electron chi connectivity index (χ3n) is 2.39. The van der Waals surface area contributed by atoms with Gasteiger partial charge in [0.2, 0.25) is 0 Å². The third kappa shape index (κ3) is 3.42. The van der Waals surface area contributed by atoms with Crippen LogP contribution in [0.3, 0.4) is 0 Å². The molecule has 0 saturated carbocycles. The van der Waals surface area contributed by atoms with Crippen LogP contribution in [0.4, 0.5) is 0 Å². The normalized spacial score (nSPS) is 11.9. The first-order valence-electron chi connectivity index (χ1n) is 4.87. The molecule has 0 atom stereocenters. The molecule has 0 radical (unpaired) electrons. The van der Waals surface area contributed by atoms with Crippen LogP contribution in [0.5, 0.6) is 0 Å². The molecule has 0 spiro atoms. The van der Waals surface area contributed by atoms with Gasteiger partial charge in [0.1, 0.15) is 0 Å². The summed E-state index contributed by atoms with van der Waals surface area (Å²) in [4.78, 5) is 3.98. The Hall–Kier alpha value is -0.693. The predicted molar refractivity (Wildman–Crippen MR) is 58.4 cm³/mol. The molecule has 0 bridgehead atoms. The predicted octanol–water partition coefficient (Wildman–Crippen LogP) is 1.15. The van der Waals surface area contributed by atoms with E-state index in [-0.39, 0.29) is 0 Å². The fourth-order valence-corrected chi connectivity index (χ4v) is 3.16. The second-order valence-corrected chi connectivity index (χ2v) is 6.29. The molecule has 1 heterocycles. The Kier molecular flexibility index (Phi) is 4.96. The minimum Gasteiger partial charge on any atom is -0.377 e. The molecule has 5 nitrogen and oxygen atoms in total. The highest BCUT2D eigenvalue weighted by molar-refractivity contribution is 6.60. The molecule has 0 aliphatic rings. The molecule has 0 fully saturated rings. The summed E-state index contributed by atoms with van der Waals surface area (Å²) in [5, 5.41) is 0. The maximum Gasteiger partial charge on any atom is 0.500 e. The number of hydrogen-bond acceptors (Lipinski definition) is 4. The minimum atomic E-state index is -2.38. The first-order chi connectivity index (χ1) is 7.26. The summed E-state index contributed by atoms with van der Waals surface area (Å²) in [6, 6.07) is 0.814. The standard InChI is InChI=1S/C9H18N2O3Si/c1-12-15(13-2,14-3)8-4-6-11-7-5-10-9-11/h5,7,9H,4,6,8H2,1-3H3. The Morgan fingerprint density at radius 1 is 1.20 bits per heavy atom. The van der Waals surface area contributed by atoms with Crippen molar-refractivity contribution in [2.24, 2.45) is 0 Å². The Morgan fingerprint density at radius 2 is 1.87 bits per heavy atom. The van der Waals surface area contributed by atoms with Gasteiger partial charge < -0.3 is 17.8 Å². The van der Waals surface area contributed by atoms with Crippen molar-refractivity contribution < 1.29 is 13.3 Å². The van der Waals surface area contributed by atoms with E-state index in [4.69, 9.17) is 13.3 Å². The molecule has 0 N–H and O–H groups in total. The summed E-state index contributed by atoms with van der Waals surface area (Å²) in [5.74, 6) is 0. The Bertz CT molecular complexity index is 254. The van der Waals surface area contributed by atoms with Crippen LogP contribution in [0.15, 0.2) is 18.7 Å². The van der Waals surface area contributed by atoms with Crippen molar-refractivity contribution in [3.63, 3.8) is 0 Å². The fourth-order valence-electron chi connectivity index (χ4n) is 1.45. The maximum absolute atomic E-state index is 5.33. The molecule has 15 heavy (non-hydrogen) atoms. The van der Waals surface area contributed by atoms with Crippen molar-refractivity contribution in [3.8, 4) is 0 Å². The Morgan fingerprint density at radius 3 is 2.33 bits per heavy atom.